The minimum absolute atomic E-state index is 0.314. The molecule has 0 bridgehead atoms. The topological polar surface area (TPSA) is 33.4 Å². The van der Waals surface area contributed by atoms with Gasteiger partial charge in [-0.25, -0.2) is 0 Å². The lowest BCUT2D eigenvalue weighted by Gasteiger charge is -1.98. The van der Waals surface area contributed by atoms with Crippen LogP contribution in [-0.2, 0) is 0 Å². The zero-order chi connectivity index (χ0) is 13.1. The molecule has 0 unspecified atom stereocenters. The van der Waals surface area contributed by atoms with E-state index in [9.17, 15) is 0 Å². The molecule has 3 rings (SSSR count). The molecule has 0 aliphatic heterocycles. The first kappa shape index (κ1) is 12.2. The van der Waals surface area contributed by atoms with E-state index >= 15 is 0 Å². The fourth-order valence-corrected chi connectivity index (χ4v) is 2.45. The maximum atomic E-state index is 8.87. The summed E-state index contributed by atoms with van der Waals surface area (Å²) in [6.45, 7) is 0.314. The number of benzene rings is 1. The third-order valence-corrected chi connectivity index (χ3v) is 3.78. The summed E-state index contributed by atoms with van der Waals surface area (Å²) in [6, 6.07) is 10.4. The quantitative estimate of drug-likeness (QED) is 0.875. The van der Waals surface area contributed by atoms with Gasteiger partial charge in [0.1, 0.15) is 0 Å². The molecule has 0 saturated heterocycles. The molecule has 2 nitrogen and oxygen atoms in total. The van der Waals surface area contributed by atoms with Gasteiger partial charge in [-0.3, -0.25) is 0 Å². The first-order valence-electron chi connectivity index (χ1n) is 6.78. The predicted octanol–water partition coefficient (Wildman–Crippen LogP) is 3.98. The maximum Gasteiger partial charge on any atom is 0.0980 e. The van der Waals surface area contributed by atoms with Crippen molar-refractivity contribution in [1.82, 2.24) is 0 Å². The van der Waals surface area contributed by atoms with Gasteiger partial charge in [0.25, 0.3) is 0 Å². The van der Waals surface area contributed by atoms with Crippen LogP contribution in [0.4, 0.5) is 0 Å². The summed E-state index contributed by atoms with van der Waals surface area (Å²) < 4.78 is 5.09. The van der Waals surface area contributed by atoms with Gasteiger partial charge in [-0.2, -0.15) is 0 Å². The van der Waals surface area contributed by atoms with Crippen LogP contribution in [0.3, 0.4) is 0 Å². The smallest absolute Gasteiger partial charge is 0.0980 e. The highest BCUT2D eigenvalue weighted by atomic mass is 16.3. The number of hydrogen-bond donors (Lipinski definition) is 1. The van der Waals surface area contributed by atoms with Crippen LogP contribution in [0.15, 0.2) is 53.4 Å². The summed E-state index contributed by atoms with van der Waals surface area (Å²) in [5.41, 5.74) is 3.51. The fourth-order valence-electron chi connectivity index (χ4n) is 2.45. The molecule has 1 N–H and O–H groups in total. The highest BCUT2D eigenvalue weighted by Gasteiger charge is 2.33. The molecule has 0 spiro atoms. The number of allylic oxidation sites excluding steroid dienone is 1. The van der Waals surface area contributed by atoms with E-state index in [2.05, 4.69) is 36.4 Å². The number of hydrogen-bond acceptors (Lipinski definition) is 2. The van der Waals surface area contributed by atoms with Crippen molar-refractivity contribution in [3.63, 3.8) is 0 Å². The highest BCUT2D eigenvalue weighted by Crippen LogP contribution is 2.42. The van der Waals surface area contributed by atoms with Crippen LogP contribution in [0.25, 0.3) is 17.2 Å². The third-order valence-electron chi connectivity index (χ3n) is 3.78. The summed E-state index contributed by atoms with van der Waals surface area (Å²) in [4.78, 5) is 0. The summed E-state index contributed by atoms with van der Waals surface area (Å²) in [5, 5.41) is 8.87. The Balaban J connectivity index is 1.62. The van der Waals surface area contributed by atoms with Crippen molar-refractivity contribution >= 4 is 6.08 Å². The van der Waals surface area contributed by atoms with Crippen LogP contribution in [0.1, 0.15) is 18.4 Å². The fraction of sp³-hybridized carbons (Fsp3) is 0.294. The first-order chi connectivity index (χ1) is 9.36. The number of rotatable bonds is 5. The van der Waals surface area contributed by atoms with Crippen LogP contribution in [-0.4, -0.2) is 11.7 Å². The molecule has 0 amide bonds. The molecule has 19 heavy (non-hydrogen) atoms. The lowest BCUT2D eigenvalue weighted by atomic mass is 10.1. The summed E-state index contributed by atoms with van der Waals surface area (Å²) >= 11 is 0. The van der Waals surface area contributed by atoms with E-state index in [1.165, 1.54) is 17.5 Å². The van der Waals surface area contributed by atoms with Crippen LogP contribution in [0.2, 0.25) is 0 Å². The Kier molecular flexibility index (Phi) is 3.51. The Morgan fingerprint density at radius 1 is 1.16 bits per heavy atom. The molecular weight excluding hydrogens is 236 g/mol. The van der Waals surface area contributed by atoms with E-state index < -0.39 is 0 Å². The van der Waals surface area contributed by atoms with Gasteiger partial charge in [0.2, 0.25) is 0 Å². The van der Waals surface area contributed by atoms with Gasteiger partial charge in [0, 0.05) is 12.2 Å². The van der Waals surface area contributed by atoms with Crippen LogP contribution in [0.5, 0.6) is 0 Å². The third kappa shape index (κ3) is 2.96. The molecule has 1 aromatic heterocycles. The Morgan fingerprint density at radius 2 is 2.00 bits per heavy atom. The van der Waals surface area contributed by atoms with E-state index in [0.717, 1.165) is 12.0 Å². The number of aliphatic hydroxyl groups excluding tert-OH is 1. The van der Waals surface area contributed by atoms with E-state index in [-0.39, 0.29) is 0 Å². The molecule has 1 saturated carbocycles. The van der Waals surface area contributed by atoms with Crippen LogP contribution < -0.4 is 0 Å². The maximum absolute atomic E-state index is 8.87. The van der Waals surface area contributed by atoms with E-state index in [0.29, 0.717) is 18.4 Å². The average Bonchev–Trinajstić information content (AvgIpc) is 2.96. The largest absolute Gasteiger partial charge is 0.472 e. The SMILES string of the molecule is OCC[C@@H]1C[C@H]1/C=C/c1ccc(-c2ccoc2)cc1. The Bertz CT molecular complexity index is 537. The molecule has 2 aromatic rings. The molecule has 2 heteroatoms. The molecule has 1 aromatic carbocycles. The second-order valence-corrected chi connectivity index (χ2v) is 5.17. The Morgan fingerprint density at radius 3 is 2.68 bits per heavy atom. The second kappa shape index (κ2) is 5.45. The minimum Gasteiger partial charge on any atom is -0.472 e. The standard InChI is InChI=1S/C17H18O2/c18-9-7-16-11-15(16)6-3-13-1-4-14(5-2-13)17-8-10-19-12-17/h1-6,8,10,12,15-16,18H,7,9,11H2/b6-3+/t15-,16-/m1/s1. The van der Waals surface area contributed by atoms with E-state index in [1.54, 1.807) is 12.5 Å². The van der Waals surface area contributed by atoms with Crippen molar-refractivity contribution < 1.29 is 9.52 Å². The molecule has 0 radical (unpaired) electrons. The number of aliphatic hydroxyl groups is 1. The van der Waals surface area contributed by atoms with Crippen LogP contribution in [0, 0.1) is 11.8 Å². The van der Waals surface area contributed by atoms with Gasteiger partial charge in [-0.15, -0.1) is 0 Å². The van der Waals surface area contributed by atoms with Crippen molar-refractivity contribution in [2.75, 3.05) is 6.61 Å². The van der Waals surface area contributed by atoms with Crippen molar-refractivity contribution in [3.05, 3.63) is 54.5 Å². The number of furan rings is 1. The Hall–Kier alpha value is -1.80. The van der Waals surface area contributed by atoms with Gasteiger partial charge < -0.3 is 9.52 Å². The molecule has 1 aliphatic carbocycles. The highest BCUT2D eigenvalue weighted by molar-refractivity contribution is 5.64. The van der Waals surface area contributed by atoms with Crippen molar-refractivity contribution in [2.24, 2.45) is 11.8 Å². The summed E-state index contributed by atoms with van der Waals surface area (Å²) in [7, 11) is 0. The zero-order valence-electron chi connectivity index (χ0n) is 10.8. The molecule has 98 valence electrons. The van der Waals surface area contributed by atoms with E-state index in [4.69, 9.17) is 9.52 Å². The molecule has 2 atom stereocenters. The monoisotopic (exact) mass is 254 g/mol. The van der Waals surface area contributed by atoms with Gasteiger partial charge in [0.15, 0.2) is 0 Å². The summed E-state index contributed by atoms with van der Waals surface area (Å²) in [6.07, 6.45) is 10.1. The summed E-state index contributed by atoms with van der Waals surface area (Å²) in [5.74, 6) is 1.37. The molecule has 1 heterocycles. The zero-order valence-corrected chi connectivity index (χ0v) is 10.8. The second-order valence-electron chi connectivity index (χ2n) is 5.17. The van der Waals surface area contributed by atoms with Crippen molar-refractivity contribution in [1.29, 1.82) is 0 Å². The average molecular weight is 254 g/mol. The Labute approximate surface area is 113 Å². The predicted molar refractivity (Wildman–Crippen MR) is 76.5 cm³/mol. The van der Waals surface area contributed by atoms with Gasteiger partial charge in [-0.1, -0.05) is 36.4 Å². The van der Waals surface area contributed by atoms with Crippen molar-refractivity contribution in [2.45, 2.75) is 12.8 Å². The molecule has 1 aliphatic rings. The molecule has 1 fully saturated rings. The van der Waals surface area contributed by atoms with Crippen LogP contribution >= 0.6 is 0 Å². The van der Waals surface area contributed by atoms with Crippen molar-refractivity contribution in [3.8, 4) is 11.1 Å². The van der Waals surface area contributed by atoms with Gasteiger partial charge in [-0.05, 0) is 41.9 Å². The normalized spacial score (nSPS) is 21.9. The van der Waals surface area contributed by atoms with Gasteiger partial charge in [0.05, 0.1) is 12.5 Å². The van der Waals surface area contributed by atoms with Gasteiger partial charge >= 0.3 is 0 Å². The minimum atomic E-state index is 0.314. The lowest BCUT2D eigenvalue weighted by molar-refractivity contribution is 0.278. The first-order valence-corrected chi connectivity index (χ1v) is 6.78. The lowest BCUT2D eigenvalue weighted by Crippen LogP contribution is -1.85. The van der Waals surface area contributed by atoms with E-state index in [1.807, 2.05) is 6.07 Å². The molecular formula is C17H18O2.